The minimum atomic E-state index is -0.346. The topological polar surface area (TPSA) is 88.9 Å². The van der Waals surface area contributed by atoms with Crippen LogP contribution >= 0.6 is 23.2 Å². The zero-order valence-electron chi connectivity index (χ0n) is 12.5. The highest BCUT2D eigenvalue weighted by atomic mass is 35.5. The minimum Gasteiger partial charge on any atom is -0.323 e. The van der Waals surface area contributed by atoms with Gasteiger partial charge in [0, 0.05) is 5.92 Å². The van der Waals surface area contributed by atoms with Crippen LogP contribution in [0, 0.1) is 5.92 Å². The van der Waals surface area contributed by atoms with E-state index in [1.165, 1.54) is 10.9 Å². The third kappa shape index (κ3) is 4.67. The Morgan fingerprint density at radius 1 is 1.26 bits per heavy atom. The van der Waals surface area contributed by atoms with Crippen molar-refractivity contribution in [3.8, 4) is 0 Å². The van der Waals surface area contributed by atoms with Crippen molar-refractivity contribution in [1.82, 2.24) is 15.0 Å². The predicted octanol–water partition coefficient (Wildman–Crippen LogP) is 2.82. The second-order valence-electron chi connectivity index (χ2n) is 5.09. The van der Waals surface area contributed by atoms with Crippen LogP contribution in [0.2, 0.25) is 10.0 Å². The second-order valence-corrected chi connectivity index (χ2v) is 5.88. The van der Waals surface area contributed by atoms with Crippen LogP contribution in [0.15, 0.2) is 24.4 Å². The highest BCUT2D eigenvalue weighted by molar-refractivity contribution is 6.43. The fourth-order valence-corrected chi connectivity index (χ4v) is 1.99. The van der Waals surface area contributed by atoms with Crippen molar-refractivity contribution in [2.75, 3.05) is 10.6 Å². The molecule has 2 rings (SSSR count). The van der Waals surface area contributed by atoms with Gasteiger partial charge in [0.05, 0.1) is 21.9 Å². The summed E-state index contributed by atoms with van der Waals surface area (Å²) in [5, 5.41) is 13.4. The Bertz CT molecular complexity index is 730. The zero-order chi connectivity index (χ0) is 17.0. The number of aromatic nitrogens is 3. The Labute approximate surface area is 143 Å². The molecule has 0 spiro atoms. The standard InChI is InChI=1S/C14H15Cl2N5O2/c1-8(2)14(23)18-11-6-21(20-19-11)7-12(22)17-10-5-3-4-9(15)13(10)16/h3-6,8H,7H2,1-2H3,(H,17,22)(H,18,23). The Kier molecular flexibility index (Phi) is 5.57. The summed E-state index contributed by atoms with van der Waals surface area (Å²) >= 11 is 11.9. The van der Waals surface area contributed by atoms with Gasteiger partial charge in [0.25, 0.3) is 0 Å². The number of carbonyl (C=O) groups excluding carboxylic acids is 2. The molecular weight excluding hydrogens is 341 g/mol. The molecule has 2 aromatic rings. The maximum atomic E-state index is 12.0. The first-order valence-corrected chi connectivity index (χ1v) is 7.57. The first-order chi connectivity index (χ1) is 10.9. The van der Waals surface area contributed by atoms with Crippen LogP contribution in [0.1, 0.15) is 13.8 Å². The molecule has 0 bridgehead atoms. The maximum absolute atomic E-state index is 12.0. The van der Waals surface area contributed by atoms with Crippen LogP contribution in [0.5, 0.6) is 0 Å². The van der Waals surface area contributed by atoms with Crippen molar-refractivity contribution < 1.29 is 9.59 Å². The highest BCUT2D eigenvalue weighted by Gasteiger charge is 2.12. The number of rotatable bonds is 5. The molecule has 23 heavy (non-hydrogen) atoms. The van der Waals surface area contributed by atoms with Crippen molar-refractivity contribution >= 4 is 46.5 Å². The molecular formula is C14H15Cl2N5O2. The summed E-state index contributed by atoms with van der Waals surface area (Å²) in [6, 6.07) is 4.95. The summed E-state index contributed by atoms with van der Waals surface area (Å²) in [4.78, 5) is 23.6. The van der Waals surface area contributed by atoms with E-state index in [9.17, 15) is 9.59 Å². The normalized spacial score (nSPS) is 10.7. The van der Waals surface area contributed by atoms with Gasteiger partial charge in [0.2, 0.25) is 11.8 Å². The number of hydrogen-bond acceptors (Lipinski definition) is 4. The van der Waals surface area contributed by atoms with Crippen molar-refractivity contribution in [3.63, 3.8) is 0 Å². The Morgan fingerprint density at radius 3 is 2.70 bits per heavy atom. The van der Waals surface area contributed by atoms with Crippen molar-refractivity contribution in [2.24, 2.45) is 5.92 Å². The highest BCUT2D eigenvalue weighted by Crippen LogP contribution is 2.29. The van der Waals surface area contributed by atoms with E-state index in [0.717, 1.165) is 0 Å². The summed E-state index contributed by atoms with van der Waals surface area (Å²) in [6.07, 6.45) is 1.47. The molecule has 0 aliphatic heterocycles. The van der Waals surface area contributed by atoms with Gasteiger partial charge in [-0.05, 0) is 12.1 Å². The molecule has 7 nitrogen and oxygen atoms in total. The fraction of sp³-hybridized carbons (Fsp3) is 0.286. The molecule has 1 aromatic carbocycles. The Morgan fingerprint density at radius 2 is 2.00 bits per heavy atom. The minimum absolute atomic E-state index is 0.0760. The van der Waals surface area contributed by atoms with Gasteiger partial charge in [-0.3, -0.25) is 9.59 Å². The molecule has 0 aliphatic rings. The fourth-order valence-electron chi connectivity index (χ4n) is 1.64. The molecule has 0 saturated heterocycles. The van der Waals surface area contributed by atoms with Gasteiger partial charge in [0.1, 0.15) is 6.54 Å². The lowest BCUT2D eigenvalue weighted by Gasteiger charge is -2.07. The van der Waals surface area contributed by atoms with Gasteiger partial charge >= 0.3 is 0 Å². The van der Waals surface area contributed by atoms with Gasteiger partial charge in [-0.2, -0.15) is 0 Å². The van der Waals surface area contributed by atoms with Gasteiger partial charge < -0.3 is 10.6 Å². The van der Waals surface area contributed by atoms with E-state index in [1.54, 1.807) is 32.0 Å². The van der Waals surface area contributed by atoms with Crippen molar-refractivity contribution in [3.05, 3.63) is 34.4 Å². The van der Waals surface area contributed by atoms with E-state index in [4.69, 9.17) is 23.2 Å². The number of hydrogen-bond donors (Lipinski definition) is 2. The number of anilines is 2. The smallest absolute Gasteiger partial charge is 0.246 e. The van der Waals surface area contributed by atoms with Crippen LogP contribution < -0.4 is 10.6 Å². The quantitative estimate of drug-likeness (QED) is 0.862. The second kappa shape index (κ2) is 7.43. The number of halogens is 2. The van der Waals surface area contributed by atoms with Crippen LogP contribution in [0.3, 0.4) is 0 Å². The zero-order valence-corrected chi connectivity index (χ0v) is 14.0. The van der Waals surface area contributed by atoms with Crippen LogP contribution in [-0.2, 0) is 16.1 Å². The third-order valence-corrected chi connectivity index (χ3v) is 3.66. The van der Waals surface area contributed by atoms with Gasteiger partial charge in [-0.15, -0.1) is 5.10 Å². The van der Waals surface area contributed by atoms with E-state index < -0.39 is 0 Å². The lowest BCUT2D eigenvalue weighted by molar-refractivity contribution is -0.119. The van der Waals surface area contributed by atoms with E-state index in [0.29, 0.717) is 10.7 Å². The number of nitrogens with zero attached hydrogens (tertiary/aromatic N) is 3. The Hall–Kier alpha value is -2.12. The molecule has 2 N–H and O–H groups in total. The third-order valence-electron chi connectivity index (χ3n) is 2.85. The SMILES string of the molecule is CC(C)C(=O)Nc1cn(CC(=O)Nc2cccc(Cl)c2Cl)nn1. The number of amides is 2. The maximum Gasteiger partial charge on any atom is 0.246 e. The molecule has 1 aromatic heterocycles. The molecule has 0 aliphatic carbocycles. The Balaban J connectivity index is 1.97. The summed E-state index contributed by atoms with van der Waals surface area (Å²) in [6.45, 7) is 3.46. The predicted molar refractivity (Wildman–Crippen MR) is 88.6 cm³/mol. The summed E-state index contributed by atoms with van der Waals surface area (Å²) in [5.41, 5.74) is 0.414. The lowest BCUT2D eigenvalue weighted by atomic mass is 10.2. The summed E-state index contributed by atoms with van der Waals surface area (Å²) in [7, 11) is 0. The van der Waals surface area contributed by atoms with Crippen LogP contribution in [0.25, 0.3) is 0 Å². The average Bonchev–Trinajstić information content (AvgIpc) is 2.90. The average molecular weight is 356 g/mol. The lowest BCUT2D eigenvalue weighted by Crippen LogP contribution is -2.19. The van der Waals surface area contributed by atoms with Gasteiger partial charge in [-0.25, -0.2) is 4.68 Å². The largest absolute Gasteiger partial charge is 0.323 e. The molecule has 0 fully saturated rings. The summed E-state index contributed by atoms with van der Waals surface area (Å²) in [5.74, 6) is -0.404. The van der Waals surface area contributed by atoms with E-state index >= 15 is 0 Å². The molecule has 122 valence electrons. The summed E-state index contributed by atoms with van der Waals surface area (Å²) < 4.78 is 1.31. The molecule has 1 heterocycles. The van der Waals surface area contributed by atoms with Crippen molar-refractivity contribution in [1.29, 1.82) is 0 Å². The molecule has 0 saturated carbocycles. The van der Waals surface area contributed by atoms with E-state index in [2.05, 4.69) is 20.9 Å². The molecule has 9 heteroatoms. The van der Waals surface area contributed by atoms with E-state index in [-0.39, 0.29) is 35.1 Å². The molecule has 0 atom stereocenters. The number of carbonyl (C=O) groups is 2. The number of nitrogens with one attached hydrogen (secondary N) is 2. The van der Waals surface area contributed by atoms with Crippen molar-refractivity contribution in [2.45, 2.75) is 20.4 Å². The first-order valence-electron chi connectivity index (χ1n) is 6.81. The van der Waals surface area contributed by atoms with Gasteiger partial charge in [0.15, 0.2) is 5.82 Å². The van der Waals surface area contributed by atoms with Gasteiger partial charge in [-0.1, -0.05) is 48.3 Å². The number of benzene rings is 1. The molecule has 0 radical (unpaired) electrons. The van der Waals surface area contributed by atoms with Crippen LogP contribution in [0.4, 0.5) is 11.5 Å². The monoisotopic (exact) mass is 355 g/mol. The first kappa shape index (κ1) is 17.2. The molecule has 2 amide bonds. The van der Waals surface area contributed by atoms with E-state index in [1.807, 2.05) is 0 Å². The molecule has 0 unspecified atom stereocenters. The van der Waals surface area contributed by atoms with Crippen LogP contribution in [-0.4, -0.2) is 26.8 Å².